The molecule has 2 unspecified atom stereocenters. The van der Waals surface area contributed by atoms with Crippen LogP contribution in [0.2, 0.25) is 0 Å². The van der Waals surface area contributed by atoms with Gasteiger partial charge < -0.3 is 29.3 Å². The third kappa shape index (κ3) is 8.90. The lowest BCUT2D eigenvalue weighted by atomic mass is 9.87. The molecule has 10 nitrogen and oxygen atoms in total. The van der Waals surface area contributed by atoms with E-state index >= 15 is 0 Å². The lowest BCUT2D eigenvalue weighted by Crippen LogP contribution is -2.57. The molecule has 2 aromatic rings. The van der Waals surface area contributed by atoms with E-state index in [2.05, 4.69) is 9.97 Å². The van der Waals surface area contributed by atoms with Crippen LogP contribution in [0, 0.1) is 5.92 Å². The minimum Gasteiger partial charge on any atom is -0.481 e. The Morgan fingerprint density at radius 2 is 1.44 bits per heavy atom. The first kappa shape index (κ1) is 37.4. The van der Waals surface area contributed by atoms with Crippen molar-refractivity contribution in [1.29, 1.82) is 0 Å². The van der Waals surface area contributed by atoms with E-state index in [0.717, 1.165) is 12.1 Å². The summed E-state index contributed by atoms with van der Waals surface area (Å²) in [6, 6.07) is 0.403. The SMILES string of the molecule is CCC1CC(N(Cc2cc(C(F)(F)F)cc(C(F)(F)F)c2)c2ncc(N3CCOCC3)cn2)CC(CC)N1C(=O)OC1CCC(C(=O)O)CC1. The number of halogens is 6. The Morgan fingerprint density at radius 1 is 0.900 bits per heavy atom. The molecule has 276 valence electrons. The number of nitrogens with zero attached hydrogens (tertiary/aromatic N) is 5. The zero-order chi connectivity index (χ0) is 36.2. The summed E-state index contributed by atoms with van der Waals surface area (Å²) < 4.78 is 94.2. The second kappa shape index (κ2) is 15.6. The first-order valence-corrected chi connectivity index (χ1v) is 17.1. The van der Waals surface area contributed by atoms with Gasteiger partial charge in [0.1, 0.15) is 6.10 Å². The maximum atomic E-state index is 13.8. The van der Waals surface area contributed by atoms with Gasteiger partial charge in [-0.2, -0.15) is 26.3 Å². The summed E-state index contributed by atoms with van der Waals surface area (Å²) in [5, 5.41) is 9.32. The van der Waals surface area contributed by atoms with Gasteiger partial charge in [-0.15, -0.1) is 0 Å². The fourth-order valence-electron chi connectivity index (χ4n) is 7.28. The molecule has 0 bridgehead atoms. The molecule has 1 aromatic carbocycles. The number of amides is 1. The minimum absolute atomic E-state index is 0.111. The first-order valence-electron chi connectivity index (χ1n) is 17.1. The van der Waals surface area contributed by atoms with Crippen molar-refractivity contribution in [2.75, 3.05) is 36.1 Å². The fourth-order valence-corrected chi connectivity index (χ4v) is 7.28. The average molecular weight is 716 g/mol. The average Bonchev–Trinajstić information content (AvgIpc) is 3.09. The molecule has 2 saturated heterocycles. The molecular formula is C34H43F6N5O5. The summed E-state index contributed by atoms with van der Waals surface area (Å²) in [5.41, 5.74) is -2.30. The molecule has 5 rings (SSSR count). The number of ether oxygens (including phenoxy) is 2. The molecule has 3 aliphatic rings. The Bertz CT molecular complexity index is 1420. The summed E-state index contributed by atoms with van der Waals surface area (Å²) in [7, 11) is 0. The molecule has 1 saturated carbocycles. The minimum atomic E-state index is -5.00. The van der Waals surface area contributed by atoms with Crippen molar-refractivity contribution in [2.45, 2.75) is 108 Å². The number of aliphatic carboxylic acids is 1. The van der Waals surface area contributed by atoms with Gasteiger partial charge in [0.2, 0.25) is 5.95 Å². The number of hydrogen-bond donors (Lipinski definition) is 1. The van der Waals surface area contributed by atoms with Crippen LogP contribution in [0.1, 0.15) is 81.9 Å². The predicted octanol–water partition coefficient (Wildman–Crippen LogP) is 7.16. The van der Waals surface area contributed by atoms with Crippen LogP contribution < -0.4 is 9.80 Å². The van der Waals surface area contributed by atoms with Gasteiger partial charge in [-0.1, -0.05) is 13.8 Å². The van der Waals surface area contributed by atoms with Crippen LogP contribution in [-0.4, -0.2) is 82.6 Å². The van der Waals surface area contributed by atoms with E-state index in [1.165, 1.54) is 0 Å². The summed E-state index contributed by atoms with van der Waals surface area (Å²) in [6.07, 6.45) is -4.33. The van der Waals surface area contributed by atoms with Crippen molar-refractivity contribution >= 4 is 23.7 Å². The van der Waals surface area contributed by atoms with Crippen molar-refractivity contribution in [3.05, 3.63) is 47.3 Å². The van der Waals surface area contributed by atoms with Gasteiger partial charge in [-0.05, 0) is 75.1 Å². The number of carboxylic acids is 1. The number of carbonyl (C=O) groups is 2. The smallest absolute Gasteiger partial charge is 0.416 e. The summed E-state index contributed by atoms with van der Waals surface area (Å²) in [6.45, 7) is 5.74. The van der Waals surface area contributed by atoms with E-state index in [0.29, 0.717) is 83.4 Å². The topological polar surface area (TPSA) is 108 Å². The van der Waals surface area contributed by atoms with Crippen molar-refractivity contribution in [2.24, 2.45) is 5.92 Å². The summed E-state index contributed by atoms with van der Waals surface area (Å²) >= 11 is 0. The highest BCUT2D eigenvalue weighted by molar-refractivity contribution is 5.70. The molecular weight excluding hydrogens is 672 g/mol. The molecule has 16 heteroatoms. The van der Waals surface area contributed by atoms with Crippen LogP contribution in [0.25, 0.3) is 0 Å². The van der Waals surface area contributed by atoms with E-state index in [9.17, 15) is 41.0 Å². The third-order valence-electron chi connectivity index (χ3n) is 10.0. The number of carbonyl (C=O) groups excluding carboxylic acids is 1. The number of alkyl halides is 6. The number of aromatic nitrogens is 2. The number of rotatable bonds is 9. The zero-order valence-electron chi connectivity index (χ0n) is 28.0. The Labute approximate surface area is 286 Å². The molecule has 3 heterocycles. The Hall–Kier alpha value is -3.82. The highest BCUT2D eigenvalue weighted by atomic mass is 19.4. The Kier molecular flexibility index (Phi) is 11.7. The molecule has 1 N–H and O–H groups in total. The molecule has 3 fully saturated rings. The van der Waals surface area contributed by atoms with E-state index in [1.54, 1.807) is 22.2 Å². The molecule has 50 heavy (non-hydrogen) atoms. The predicted molar refractivity (Wildman–Crippen MR) is 171 cm³/mol. The van der Waals surface area contributed by atoms with Crippen molar-refractivity contribution in [3.8, 4) is 0 Å². The van der Waals surface area contributed by atoms with E-state index in [1.807, 2.05) is 18.7 Å². The van der Waals surface area contributed by atoms with Crippen LogP contribution >= 0.6 is 0 Å². The largest absolute Gasteiger partial charge is 0.481 e. The van der Waals surface area contributed by atoms with Crippen molar-refractivity contribution in [1.82, 2.24) is 14.9 Å². The van der Waals surface area contributed by atoms with E-state index < -0.39 is 53.6 Å². The highest BCUT2D eigenvalue weighted by Crippen LogP contribution is 2.39. The second-order valence-electron chi connectivity index (χ2n) is 13.2. The number of likely N-dealkylation sites (tertiary alicyclic amines) is 1. The zero-order valence-corrected chi connectivity index (χ0v) is 28.0. The van der Waals surface area contributed by atoms with E-state index in [-0.39, 0.29) is 36.2 Å². The standard InChI is InChI=1S/C34H43F6N5O5/c1-3-25-16-27(17-26(4-2)45(25)32(48)50-29-7-5-22(6-8-29)30(46)47)44(31-41-18-28(19-42-31)43-9-11-49-12-10-43)20-21-13-23(33(35,36)37)15-24(14-21)34(38,39)40/h13-15,18-19,22,25-27,29H,3-12,16-17,20H2,1-2H3,(H,46,47). The van der Waals surface area contributed by atoms with Gasteiger partial charge in [0.25, 0.3) is 0 Å². The molecule has 1 amide bonds. The number of benzene rings is 1. The number of morpholine rings is 1. The van der Waals surface area contributed by atoms with Gasteiger partial charge in [0.05, 0.1) is 48.3 Å². The maximum Gasteiger partial charge on any atom is 0.416 e. The first-order chi connectivity index (χ1) is 23.7. The van der Waals surface area contributed by atoms with Crippen LogP contribution in [0.15, 0.2) is 30.6 Å². The summed E-state index contributed by atoms with van der Waals surface area (Å²) in [4.78, 5) is 39.5. The number of piperidine rings is 1. The van der Waals surface area contributed by atoms with Crippen molar-refractivity contribution in [3.63, 3.8) is 0 Å². The van der Waals surface area contributed by atoms with Crippen molar-refractivity contribution < 1.29 is 50.5 Å². The maximum absolute atomic E-state index is 13.8. The van der Waals surface area contributed by atoms with Crippen LogP contribution in [0.5, 0.6) is 0 Å². The van der Waals surface area contributed by atoms with Gasteiger partial charge in [-0.3, -0.25) is 4.79 Å². The van der Waals surface area contributed by atoms with Crippen LogP contribution in [0.4, 0.5) is 42.8 Å². The molecule has 2 aliphatic heterocycles. The third-order valence-corrected chi connectivity index (χ3v) is 10.0. The Balaban J connectivity index is 1.44. The molecule has 1 aliphatic carbocycles. The quantitative estimate of drug-likeness (QED) is 0.271. The van der Waals surface area contributed by atoms with E-state index in [4.69, 9.17) is 9.47 Å². The van der Waals surface area contributed by atoms with Gasteiger partial charge in [0, 0.05) is 37.8 Å². The molecule has 1 aromatic heterocycles. The fraction of sp³-hybridized carbons (Fsp3) is 0.647. The van der Waals surface area contributed by atoms with Gasteiger partial charge in [0.15, 0.2) is 0 Å². The molecule has 2 atom stereocenters. The lowest BCUT2D eigenvalue weighted by Gasteiger charge is -2.47. The Morgan fingerprint density at radius 3 is 1.92 bits per heavy atom. The number of carboxylic acid groups (broad SMARTS) is 1. The molecule has 0 spiro atoms. The van der Waals surface area contributed by atoms with Crippen LogP contribution in [0.3, 0.4) is 0 Å². The highest BCUT2D eigenvalue weighted by Gasteiger charge is 2.42. The molecule has 0 radical (unpaired) electrons. The lowest BCUT2D eigenvalue weighted by molar-refractivity contribution is -0.144. The monoisotopic (exact) mass is 715 g/mol. The second-order valence-corrected chi connectivity index (χ2v) is 13.2. The van der Waals surface area contributed by atoms with Gasteiger partial charge >= 0.3 is 24.4 Å². The van der Waals surface area contributed by atoms with Crippen LogP contribution in [-0.2, 0) is 33.2 Å². The number of anilines is 2. The summed E-state index contributed by atoms with van der Waals surface area (Å²) in [5.74, 6) is -1.18. The normalized spacial score (nSPS) is 24.9. The number of hydrogen-bond acceptors (Lipinski definition) is 8. The van der Waals surface area contributed by atoms with Gasteiger partial charge in [-0.25, -0.2) is 14.8 Å².